The van der Waals surface area contributed by atoms with E-state index in [0.717, 1.165) is 45.0 Å². The van der Waals surface area contributed by atoms with Crippen molar-refractivity contribution in [2.75, 3.05) is 68.4 Å². The first-order valence-corrected chi connectivity index (χ1v) is 11.6. The smallest absolute Gasteiger partial charge is 0.247 e. The van der Waals surface area contributed by atoms with E-state index in [1.807, 2.05) is 18.7 Å². The van der Waals surface area contributed by atoms with Crippen LogP contribution in [0.15, 0.2) is 18.3 Å². The molecular weight excluding hydrogens is 435 g/mol. The number of benzene rings is 1. The third kappa shape index (κ3) is 4.10. The molecule has 11 heteroatoms. The Kier molecular flexibility index (Phi) is 5.93. The van der Waals surface area contributed by atoms with Gasteiger partial charge in [-0.25, -0.2) is 13.9 Å². The minimum Gasteiger partial charge on any atom is -0.367 e. The summed E-state index contributed by atoms with van der Waals surface area (Å²) < 4.78 is 17.3. The number of piperazine rings is 1. The molecule has 0 atom stereocenters. The normalized spacial score (nSPS) is 17.6. The van der Waals surface area contributed by atoms with Crippen molar-refractivity contribution in [1.82, 2.24) is 29.4 Å². The van der Waals surface area contributed by atoms with E-state index in [9.17, 15) is 5.26 Å². The number of likely N-dealkylation sites (N-methyl/N-ethyl adjacent to an activating group) is 1. The molecule has 10 nitrogen and oxygen atoms in total. The number of hydrogen-bond acceptors (Lipinski definition) is 9. The molecule has 2 aliphatic heterocycles. The zero-order valence-corrected chi connectivity index (χ0v) is 19.7. The Labute approximate surface area is 198 Å². The molecule has 0 amide bonds. The summed E-state index contributed by atoms with van der Waals surface area (Å²) in [7, 11) is 2.14. The molecule has 2 saturated heterocycles. The van der Waals surface area contributed by atoms with Crippen molar-refractivity contribution in [2.24, 2.45) is 0 Å². The second-order valence-electron chi connectivity index (χ2n) is 8.94. The highest BCUT2D eigenvalue weighted by atomic mass is 19.1. The van der Waals surface area contributed by atoms with Crippen molar-refractivity contribution in [2.45, 2.75) is 19.9 Å². The van der Waals surface area contributed by atoms with E-state index in [2.05, 4.69) is 48.6 Å². The summed E-state index contributed by atoms with van der Waals surface area (Å²) in [4.78, 5) is 15.6. The van der Waals surface area contributed by atoms with E-state index in [0.29, 0.717) is 35.3 Å². The highest BCUT2D eigenvalue weighted by molar-refractivity contribution is 5.70. The van der Waals surface area contributed by atoms with Crippen molar-refractivity contribution in [3.63, 3.8) is 0 Å². The van der Waals surface area contributed by atoms with Gasteiger partial charge in [0, 0.05) is 51.9 Å². The van der Waals surface area contributed by atoms with Crippen molar-refractivity contribution < 1.29 is 4.39 Å². The maximum Gasteiger partial charge on any atom is 0.247 e. The lowest BCUT2D eigenvalue weighted by Gasteiger charge is -2.49. The molecule has 0 bridgehead atoms. The van der Waals surface area contributed by atoms with Gasteiger partial charge < -0.3 is 20.4 Å². The molecule has 178 valence electrons. The Balaban J connectivity index is 1.40. The van der Waals surface area contributed by atoms with Crippen LogP contribution < -0.4 is 15.5 Å². The molecule has 0 aliphatic carbocycles. The Morgan fingerprint density at radius 2 is 1.97 bits per heavy atom. The lowest BCUT2D eigenvalue weighted by molar-refractivity contribution is 0.0961. The highest BCUT2D eigenvalue weighted by Gasteiger charge is 2.35. The number of aromatic nitrogens is 4. The Morgan fingerprint density at radius 1 is 1.21 bits per heavy atom. The van der Waals surface area contributed by atoms with Crippen LogP contribution in [0.4, 0.5) is 27.5 Å². The van der Waals surface area contributed by atoms with E-state index < -0.39 is 5.82 Å². The first-order valence-electron chi connectivity index (χ1n) is 11.6. The molecule has 0 radical (unpaired) electrons. The summed E-state index contributed by atoms with van der Waals surface area (Å²) in [6, 6.07) is 5.68. The number of fused-ring (bicyclic) bond motifs is 1. The van der Waals surface area contributed by atoms with Gasteiger partial charge in [0.1, 0.15) is 0 Å². The van der Waals surface area contributed by atoms with Gasteiger partial charge in [-0.15, -0.1) is 5.10 Å². The van der Waals surface area contributed by atoms with Gasteiger partial charge in [0.25, 0.3) is 0 Å². The average molecular weight is 465 g/mol. The summed E-state index contributed by atoms with van der Waals surface area (Å²) in [6.45, 7) is 10.2. The van der Waals surface area contributed by atoms with Crippen LogP contribution in [-0.4, -0.2) is 88.3 Å². The molecule has 2 fully saturated rings. The number of nitrogens with zero attached hydrogens (tertiary/aromatic N) is 8. The standard InChI is InChI=1S/C23H29FN10/c1-4-26-21-22-27-12-15(2)34(22)30-23(29-21)28-18-9-16(11-25)10-19(20(18)24)33-13-17(14-33)32-7-5-31(3)6-8-32/h9-10,12,17H,4-8,13-14H2,1-3H3,(H2,26,28,29,30). The number of nitrogens with one attached hydrogen (secondary N) is 2. The first kappa shape index (κ1) is 22.3. The maximum atomic E-state index is 15.6. The molecule has 4 heterocycles. The highest BCUT2D eigenvalue weighted by Crippen LogP contribution is 2.33. The molecule has 1 aromatic carbocycles. The van der Waals surface area contributed by atoms with Crippen molar-refractivity contribution >= 4 is 28.8 Å². The van der Waals surface area contributed by atoms with E-state index in [-0.39, 0.29) is 11.6 Å². The fourth-order valence-corrected chi connectivity index (χ4v) is 4.52. The zero-order chi connectivity index (χ0) is 23.8. The molecule has 34 heavy (non-hydrogen) atoms. The van der Waals surface area contributed by atoms with Crippen LogP contribution in [-0.2, 0) is 0 Å². The third-order valence-electron chi connectivity index (χ3n) is 6.56. The Hall–Kier alpha value is -3.49. The minimum atomic E-state index is -0.410. The summed E-state index contributed by atoms with van der Waals surface area (Å²) >= 11 is 0. The van der Waals surface area contributed by atoms with Gasteiger partial charge in [0.05, 0.1) is 34.9 Å². The summed E-state index contributed by atoms with van der Waals surface area (Å²) in [5, 5.41) is 20.2. The number of aryl methyl sites for hydroxylation is 1. The molecule has 2 aliphatic rings. The molecule has 2 aromatic heterocycles. The van der Waals surface area contributed by atoms with E-state index in [1.165, 1.54) is 6.07 Å². The number of halogens is 1. The van der Waals surface area contributed by atoms with E-state index in [4.69, 9.17) is 0 Å². The monoisotopic (exact) mass is 464 g/mol. The van der Waals surface area contributed by atoms with Gasteiger partial charge in [-0.05, 0) is 33.0 Å². The van der Waals surface area contributed by atoms with Gasteiger partial charge in [-0.3, -0.25) is 4.90 Å². The van der Waals surface area contributed by atoms with E-state index >= 15 is 4.39 Å². The van der Waals surface area contributed by atoms with Crippen LogP contribution in [0.1, 0.15) is 18.2 Å². The number of hydrogen-bond donors (Lipinski definition) is 2. The van der Waals surface area contributed by atoms with Crippen LogP contribution in [0.5, 0.6) is 0 Å². The number of nitriles is 1. The summed E-state index contributed by atoms with van der Waals surface area (Å²) in [6.07, 6.45) is 1.71. The van der Waals surface area contributed by atoms with Crippen LogP contribution in [0.2, 0.25) is 0 Å². The molecule has 3 aromatic rings. The fourth-order valence-electron chi connectivity index (χ4n) is 4.52. The van der Waals surface area contributed by atoms with Crippen LogP contribution in [0.25, 0.3) is 5.65 Å². The number of rotatable bonds is 6. The van der Waals surface area contributed by atoms with Crippen LogP contribution in [0.3, 0.4) is 0 Å². The van der Waals surface area contributed by atoms with Crippen molar-refractivity contribution in [3.05, 3.63) is 35.4 Å². The average Bonchev–Trinajstić information content (AvgIpc) is 3.17. The minimum absolute atomic E-state index is 0.177. The number of imidazole rings is 1. The second kappa shape index (κ2) is 9.04. The van der Waals surface area contributed by atoms with Gasteiger partial charge in [-0.2, -0.15) is 10.2 Å². The molecule has 0 spiro atoms. The lowest BCUT2D eigenvalue weighted by Crippen LogP contribution is -2.63. The summed E-state index contributed by atoms with van der Waals surface area (Å²) in [5.41, 5.74) is 2.43. The molecule has 0 saturated carbocycles. The van der Waals surface area contributed by atoms with Gasteiger partial charge in [-0.1, -0.05) is 0 Å². The van der Waals surface area contributed by atoms with Gasteiger partial charge in [0.15, 0.2) is 17.3 Å². The molecular formula is C23H29FN10. The third-order valence-corrected chi connectivity index (χ3v) is 6.56. The molecule has 0 unspecified atom stereocenters. The lowest BCUT2D eigenvalue weighted by atomic mass is 10.0. The topological polar surface area (TPSA) is 101 Å². The van der Waals surface area contributed by atoms with Crippen molar-refractivity contribution in [1.29, 1.82) is 5.26 Å². The predicted octanol–water partition coefficient (Wildman–Crippen LogP) is 2.05. The largest absolute Gasteiger partial charge is 0.367 e. The maximum absolute atomic E-state index is 15.6. The zero-order valence-electron chi connectivity index (χ0n) is 19.7. The van der Waals surface area contributed by atoms with E-state index in [1.54, 1.807) is 16.8 Å². The van der Waals surface area contributed by atoms with Crippen LogP contribution >= 0.6 is 0 Å². The Bertz CT molecular complexity index is 1230. The molecule has 5 rings (SSSR count). The van der Waals surface area contributed by atoms with Crippen molar-refractivity contribution in [3.8, 4) is 6.07 Å². The summed E-state index contributed by atoms with van der Waals surface area (Å²) in [5.74, 6) is 0.373. The SMILES string of the molecule is CCNc1nc(Nc2cc(C#N)cc(N3CC(N4CCN(C)CC4)C3)c2F)nn2c(C)cnc12. The first-order chi connectivity index (χ1) is 16.5. The quantitative estimate of drug-likeness (QED) is 0.568. The van der Waals surface area contributed by atoms with Gasteiger partial charge >= 0.3 is 0 Å². The number of anilines is 4. The van der Waals surface area contributed by atoms with Gasteiger partial charge in [0.2, 0.25) is 5.95 Å². The molecule has 2 N–H and O–H groups in total. The Morgan fingerprint density at radius 3 is 2.68 bits per heavy atom. The van der Waals surface area contributed by atoms with Crippen LogP contribution in [0, 0.1) is 24.1 Å². The predicted molar refractivity (Wildman–Crippen MR) is 129 cm³/mol. The fraction of sp³-hybridized carbons (Fsp3) is 0.478. The second-order valence-corrected chi connectivity index (χ2v) is 8.94.